The fourth-order valence-electron chi connectivity index (χ4n) is 7.46. The number of carboxylic acids is 1. The molecule has 0 aliphatic carbocycles. The first-order chi connectivity index (χ1) is 31.4. The van der Waals surface area contributed by atoms with Crippen molar-refractivity contribution >= 4 is 81.4 Å². The van der Waals surface area contributed by atoms with Gasteiger partial charge in [0.1, 0.15) is 33.7 Å². The van der Waals surface area contributed by atoms with Gasteiger partial charge in [-0.2, -0.15) is 0 Å². The molecule has 2 saturated heterocycles. The van der Waals surface area contributed by atoms with Gasteiger partial charge in [-0.1, -0.05) is 19.6 Å². The molecule has 0 atom stereocenters. The Hall–Kier alpha value is -7.00. The molecule has 2 aromatic carbocycles. The second-order valence-corrected chi connectivity index (χ2v) is 18.2. The van der Waals surface area contributed by atoms with Crippen molar-refractivity contribution in [1.29, 1.82) is 0 Å². The maximum atomic E-state index is 12.7. The molecule has 0 aromatic heterocycles. The molecule has 68 heavy (non-hydrogen) atoms. The van der Waals surface area contributed by atoms with Gasteiger partial charge in [-0.05, 0) is 118 Å². The lowest BCUT2D eigenvalue weighted by atomic mass is 9.86. The van der Waals surface area contributed by atoms with Gasteiger partial charge in [-0.3, -0.25) is 35.0 Å². The third-order valence-corrected chi connectivity index (χ3v) is 11.2. The first-order valence-corrected chi connectivity index (χ1v) is 21.9. The minimum Gasteiger partial charge on any atom is -0.477 e. The Morgan fingerprint density at radius 2 is 1.06 bits per heavy atom. The fraction of sp³-hybridized carbons (Fsp3) is 0.489. The van der Waals surface area contributed by atoms with Crippen LogP contribution in [0.25, 0.3) is 0 Å². The van der Waals surface area contributed by atoms with Gasteiger partial charge in [-0.15, -0.1) is 0 Å². The van der Waals surface area contributed by atoms with E-state index in [0.29, 0.717) is 93.2 Å². The number of ether oxygens (including phenoxy) is 2. The number of allylic oxidation sites excluding steroid dienone is 2. The molecule has 12 N–H and O–H groups in total. The number of nitrogens with one attached hydrogen (secondary N) is 5. The first-order valence-electron chi connectivity index (χ1n) is 21.9. The molecule has 0 saturated carbocycles. The maximum absolute atomic E-state index is 12.7. The van der Waals surface area contributed by atoms with Gasteiger partial charge < -0.3 is 57.5 Å². The minimum absolute atomic E-state index is 0. The summed E-state index contributed by atoms with van der Waals surface area (Å²) in [6.07, 6.45) is 8.71. The zero-order chi connectivity index (χ0) is 49.7. The van der Waals surface area contributed by atoms with Crippen LogP contribution in [0, 0.1) is 0 Å². The summed E-state index contributed by atoms with van der Waals surface area (Å²) >= 11 is 0. The third-order valence-electron chi connectivity index (χ3n) is 11.2. The average Bonchev–Trinajstić information content (AvgIpc) is 4.00. The van der Waals surface area contributed by atoms with Crippen molar-refractivity contribution in [1.82, 2.24) is 10.6 Å². The molecule has 21 heteroatoms. The third kappa shape index (κ3) is 15.5. The Balaban J connectivity index is 0.000000311. The van der Waals surface area contributed by atoms with Gasteiger partial charge >= 0.3 is 18.2 Å². The highest BCUT2D eigenvalue weighted by Crippen LogP contribution is 2.35. The van der Waals surface area contributed by atoms with Crippen LogP contribution in [-0.2, 0) is 28.7 Å². The zero-order valence-electron chi connectivity index (χ0n) is 39.6. The highest BCUT2D eigenvalue weighted by atomic mass is 16.6. The predicted octanol–water partition coefficient (Wildman–Crippen LogP) is 5.10. The monoisotopic (exact) mass is 947 g/mol. The number of nitrogens with zero attached hydrogens (tertiary/aromatic N) is 4. The van der Waals surface area contributed by atoms with Crippen LogP contribution in [0.5, 0.6) is 0 Å². The van der Waals surface area contributed by atoms with Crippen molar-refractivity contribution in [3.05, 3.63) is 61.0 Å². The van der Waals surface area contributed by atoms with E-state index in [9.17, 15) is 28.8 Å². The molecule has 4 heterocycles. The average molecular weight is 947 g/mol. The second kappa shape index (κ2) is 23.6. The van der Waals surface area contributed by atoms with Crippen molar-refractivity contribution in [2.75, 3.05) is 71.8 Å². The largest absolute Gasteiger partial charge is 0.477 e. The van der Waals surface area contributed by atoms with Gasteiger partial charge in [-0.25, -0.2) is 14.4 Å². The van der Waals surface area contributed by atoms with E-state index in [1.807, 2.05) is 18.2 Å². The van der Waals surface area contributed by atoms with Gasteiger partial charge in [0.25, 0.3) is 5.91 Å². The topological polar surface area (TPSA) is 311 Å². The lowest BCUT2D eigenvalue weighted by Gasteiger charge is -2.41. The van der Waals surface area contributed by atoms with Gasteiger partial charge in [0.05, 0.1) is 22.7 Å². The minimum atomic E-state index is -0.921. The summed E-state index contributed by atoms with van der Waals surface area (Å²) in [6.45, 7) is 13.2. The second-order valence-electron chi connectivity index (χ2n) is 18.2. The highest BCUT2D eigenvalue weighted by molar-refractivity contribution is 6.44. The van der Waals surface area contributed by atoms with Crippen LogP contribution in [0.4, 0.5) is 43.7 Å². The molecule has 0 bridgehead atoms. The SMILES string of the molecule is C.CNC1(C(N)=O)CCN(c2ccc(NC(=O)OC(C)(C)C)cc2N)CC1.CNC1(C(N)=O)CCN(c2ccc(NC(=O)OC(C)(C)C)cc2NC(=O)C2=NC=CC2)CC1.O=C(O)C1=NC=CC1. The number of piperidine rings is 2. The van der Waals surface area contributed by atoms with E-state index < -0.39 is 40.4 Å². The van der Waals surface area contributed by atoms with E-state index in [1.54, 1.807) is 92.2 Å². The van der Waals surface area contributed by atoms with Crippen molar-refractivity contribution in [3.63, 3.8) is 0 Å². The van der Waals surface area contributed by atoms with E-state index >= 15 is 0 Å². The van der Waals surface area contributed by atoms with Crippen LogP contribution < -0.4 is 53.6 Å². The van der Waals surface area contributed by atoms with E-state index in [0.717, 1.165) is 11.4 Å². The smallest absolute Gasteiger partial charge is 0.412 e. The first kappa shape index (κ1) is 55.3. The van der Waals surface area contributed by atoms with Crippen molar-refractivity contribution < 1.29 is 43.3 Å². The number of carbonyl (C=O) groups is 6. The van der Waals surface area contributed by atoms with Crippen LogP contribution in [0.2, 0.25) is 0 Å². The van der Waals surface area contributed by atoms with Crippen molar-refractivity contribution in [2.24, 2.45) is 21.5 Å². The maximum Gasteiger partial charge on any atom is 0.412 e. The van der Waals surface area contributed by atoms with E-state index in [2.05, 4.69) is 46.4 Å². The Bertz CT molecular complexity index is 2280. The normalized spacial score (nSPS) is 16.8. The summed E-state index contributed by atoms with van der Waals surface area (Å²) in [4.78, 5) is 82.4. The molecule has 6 rings (SSSR count). The molecule has 5 amide bonds. The number of aliphatic carboxylic acids is 1. The summed E-state index contributed by atoms with van der Waals surface area (Å²) < 4.78 is 10.6. The molecule has 4 aliphatic rings. The van der Waals surface area contributed by atoms with Crippen molar-refractivity contribution in [2.45, 2.75) is 110 Å². The number of rotatable bonds is 11. The Labute approximate surface area is 398 Å². The number of nitrogen functional groups attached to an aromatic ring is 1. The molecular weight excluding hydrogens is 877 g/mol. The number of likely N-dealkylation sites (N-methyl/N-ethyl adjacent to an activating group) is 2. The summed E-state index contributed by atoms with van der Waals surface area (Å²) in [6, 6.07) is 10.6. The fourth-order valence-corrected chi connectivity index (χ4v) is 7.46. The molecular formula is C47H70N12O9. The standard InChI is InChI=1S/C23H32N6O4.C18H29N5O3.C5H5NO2.CH4/c1-22(2,3)33-21(32)27-15-7-8-18(17(14-15)28-19(30)16-6-5-11-26-16)29-12-9-23(25-4,10-13-29)20(24)31;1-17(2,3)26-16(25)22-12-5-6-14(13(19)11-12)23-9-7-18(21-4,8-10-23)15(20)24;7-5(8)4-2-1-3-6-4;/h5,7-8,11,14,25H,6,9-10,12-13H2,1-4H3,(H2,24,31)(H,27,32)(H,28,30);5-6,11,21H,7-10,19H2,1-4H3,(H2,20,24)(H,22,25);1,3H,2H2,(H,7,8);1H4. The molecule has 0 unspecified atom stereocenters. The van der Waals surface area contributed by atoms with E-state index in [-0.39, 0.29) is 30.9 Å². The van der Waals surface area contributed by atoms with E-state index in [1.165, 1.54) is 6.20 Å². The van der Waals surface area contributed by atoms with Gasteiger partial charge in [0.15, 0.2) is 0 Å². The number of amides is 5. The van der Waals surface area contributed by atoms with Crippen LogP contribution in [0.1, 0.15) is 87.5 Å². The molecule has 0 spiro atoms. The molecule has 21 nitrogen and oxygen atoms in total. The molecule has 2 aromatic rings. The summed E-state index contributed by atoms with van der Waals surface area (Å²) in [5.41, 5.74) is 19.1. The van der Waals surface area contributed by atoms with Crippen molar-refractivity contribution in [3.8, 4) is 0 Å². The van der Waals surface area contributed by atoms with Crippen LogP contribution in [-0.4, -0.2) is 115 Å². The summed E-state index contributed by atoms with van der Waals surface area (Å²) in [5.74, 6) is -1.93. The number of aliphatic imine (C=N–C) groups is 2. The molecule has 372 valence electrons. The number of benzene rings is 2. The van der Waals surface area contributed by atoms with Crippen LogP contribution in [0.15, 0.2) is 70.9 Å². The molecule has 2 fully saturated rings. The molecule has 0 radical (unpaired) electrons. The lowest BCUT2D eigenvalue weighted by Crippen LogP contribution is -2.59. The quantitative estimate of drug-likeness (QED) is 0.133. The number of hydrogen-bond donors (Lipinski definition) is 9. The predicted molar refractivity (Wildman–Crippen MR) is 267 cm³/mol. The number of carboxylic acid groups (broad SMARTS) is 1. The summed E-state index contributed by atoms with van der Waals surface area (Å²) in [7, 11) is 3.49. The Morgan fingerprint density at radius 3 is 1.41 bits per heavy atom. The highest BCUT2D eigenvalue weighted by Gasteiger charge is 2.40. The van der Waals surface area contributed by atoms with Gasteiger partial charge in [0, 0.05) is 62.8 Å². The Kier molecular flexibility index (Phi) is 19.2. The van der Waals surface area contributed by atoms with E-state index in [4.69, 9.17) is 31.8 Å². The molecule has 4 aliphatic heterocycles. The van der Waals surface area contributed by atoms with Gasteiger partial charge in [0.2, 0.25) is 11.8 Å². The summed E-state index contributed by atoms with van der Waals surface area (Å²) in [5, 5.41) is 22.7. The van der Waals surface area contributed by atoms with Crippen LogP contribution >= 0.6 is 0 Å². The number of anilines is 6. The Morgan fingerprint density at radius 1 is 0.647 bits per heavy atom. The number of hydrogen-bond acceptors (Lipinski definition) is 15. The number of nitrogens with two attached hydrogens (primary N) is 3. The number of carbonyl (C=O) groups excluding carboxylic acids is 5. The number of primary amides is 2. The zero-order valence-corrected chi connectivity index (χ0v) is 39.6. The lowest BCUT2D eigenvalue weighted by molar-refractivity contribution is -0.129. The van der Waals surface area contributed by atoms with Crippen LogP contribution in [0.3, 0.4) is 0 Å².